The van der Waals surface area contributed by atoms with Crippen LogP contribution in [0.5, 0.6) is 0 Å². The Morgan fingerprint density at radius 2 is 1.40 bits per heavy atom. The molecule has 5 heteroatoms. The molecule has 146 valence electrons. The maximum Gasteiger partial charge on any atom is 0.212 e. The Labute approximate surface area is 179 Å². The molecule has 0 atom stereocenters. The summed E-state index contributed by atoms with van der Waals surface area (Å²) >= 11 is 1.65. The third-order valence-corrected chi connectivity index (χ3v) is 6.00. The van der Waals surface area contributed by atoms with E-state index in [1.165, 1.54) is 22.3 Å². The van der Waals surface area contributed by atoms with E-state index in [0.29, 0.717) is 0 Å². The van der Waals surface area contributed by atoms with Gasteiger partial charge in [-0.25, -0.2) is 0 Å². The highest BCUT2D eigenvalue weighted by atomic mass is 32.2. The first-order valence-electron chi connectivity index (χ1n) is 9.83. The number of rotatable bonds is 5. The van der Waals surface area contributed by atoms with Gasteiger partial charge in [0.2, 0.25) is 5.16 Å². The van der Waals surface area contributed by atoms with Gasteiger partial charge in [0, 0.05) is 11.3 Å². The predicted molar refractivity (Wildman–Crippen MR) is 122 cm³/mol. The van der Waals surface area contributed by atoms with Crippen molar-refractivity contribution >= 4 is 17.4 Å². The number of hydrogen-bond acceptors (Lipinski definition) is 4. The van der Waals surface area contributed by atoms with Crippen LogP contribution in [-0.4, -0.2) is 19.8 Å². The molecule has 0 aliphatic rings. The van der Waals surface area contributed by atoms with Crippen molar-refractivity contribution in [2.45, 2.75) is 17.8 Å². The highest BCUT2D eigenvalue weighted by Gasteiger charge is 2.10. The first kappa shape index (κ1) is 18.6. The molecule has 0 radical (unpaired) electrons. The molecule has 0 aliphatic carbocycles. The lowest BCUT2D eigenvalue weighted by molar-refractivity contribution is 0.813. The molecule has 4 nitrogen and oxygen atoms in total. The molecule has 0 spiro atoms. The first-order valence-corrected chi connectivity index (χ1v) is 10.8. The zero-order valence-corrected chi connectivity index (χ0v) is 17.4. The quantitative estimate of drug-likeness (QED) is 0.332. The summed E-state index contributed by atoms with van der Waals surface area (Å²) in [6.45, 7) is 2.10. The van der Waals surface area contributed by atoms with Gasteiger partial charge >= 0.3 is 0 Å². The van der Waals surface area contributed by atoms with E-state index in [4.69, 9.17) is 5.10 Å². The Morgan fingerprint density at radius 3 is 2.17 bits per heavy atom. The number of nitrogens with zero attached hydrogens (tertiary/aromatic N) is 4. The van der Waals surface area contributed by atoms with Crippen molar-refractivity contribution in [3.8, 4) is 22.4 Å². The van der Waals surface area contributed by atoms with Gasteiger partial charge in [0.1, 0.15) is 0 Å². The molecule has 2 aromatic heterocycles. The second-order valence-electron chi connectivity index (χ2n) is 7.19. The van der Waals surface area contributed by atoms with Gasteiger partial charge in [0.25, 0.3) is 0 Å². The van der Waals surface area contributed by atoms with E-state index >= 15 is 0 Å². The van der Waals surface area contributed by atoms with Crippen molar-refractivity contribution < 1.29 is 0 Å². The molecule has 3 aromatic carbocycles. The van der Waals surface area contributed by atoms with Crippen molar-refractivity contribution in [1.82, 2.24) is 19.8 Å². The lowest BCUT2D eigenvalue weighted by atomic mass is 10.0. The first-order chi connectivity index (χ1) is 14.8. The van der Waals surface area contributed by atoms with Crippen molar-refractivity contribution in [3.05, 3.63) is 102 Å². The SMILES string of the molecule is Cc1ccc(CSc2nnc3ccc(-c4ccc(-c5ccccc5)cc4)nn23)cc1. The van der Waals surface area contributed by atoms with Crippen LogP contribution in [-0.2, 0) is 5.75 Å². The largest absolute Gasteiger partial charge is 0.212 e. The maximum atomic E-state index is 4.81. The van der Waals surface area contributed by atoms with E-state index in [2.05, 4.69) is 89.9 Å². The second-order valence-corrected chi connectivity index (χ2v) is 8.13. The summed E-state index contributed by atoms with van der Waals surface area (Å²) in [6.07, 6.45) is 0. The topological polar surface area (TPSA) is 43.1 Å². The lowest BCUT2D eigenvalue weighted by Gasteiger charge is -2.06. The number of thioether (sulfide) groups is 1. The Hall–Kier alpha value is -3.44. The molecule has 0 amide bonds. The Balaban J connectivity index is 1.40. The van der Waals surface area contributed by atoms with Crippen LogP contribution in [0.2, 0.25) is 0 Å². The summed E-state index contributed by atoms with van der Waals surface area (Å²) in [5.41, 5.74) is 7.65. The molecule has 0 N–H and O–H groups in total. The summed E-state index contributed by atoms with van der Waals surface area (Å²) < 4.78 is 1.83. The van der Waals surface area contributed by atoms with Crippen LogP contribution in [0.3, 0.4) is 0 Å². The average Bonchev–Trinajstić information content (AvgIpc) is 3.22. The third-order valence-electron chi connectivity index (χ3n) is 5.01. The molecule has 0 bridgehead atoms. The fourth-order valence-corrected chi connectivity index (χ4v) is 4.15. The summed E-state index contributed by atoms with van der Waals surface area (Å²) in [4.78, 5) is 0. The number of benzene rings is 3. The van der Waals surface area contributed by atoms with Crippen molar-refractivity contribution in [2.24, 2.45) is 0 Å². The number of aromatic nitrogens is 4. The van der Waals surface area contributed by atoms with Gasteiger partial charge in [-0.05, 0) is 35.7 Å². The van der Waals surface area contributed by atoms with Gasteiger partial charge < -0.3 is 0 Å². The molecule has 0 saturated heterocycles. The summed E-state index contributed by atoms with van der Waals surface area (Å²) in [5.74, 6) is 0.832. The second kappa shape index (κ2) is 8.13. The molecular formula is C25H20N4S. The Bertz CT molecular complexity index is 1280. The molecule has 2 heterocycles. The van der Waals surface area contributed by atoms with Crippen LogP contribution in [0, 0.1) is 6.92 Å². The van der Waals surface area contributed by atoms with Crippen LogP contribution in [0.4, 0.5) is 0 Å². The number of aryl methyl sites for hydroxylation is 1. The van der Waals surface area contributed by atoms with Crippen LogP contribution in [0.15, 0.2) is 96.2 Å². The zero-order valence-electron chi connectivity index (χ0n) is 16.6. The third kappa shape index (κ3) is 3.84. The molecule has 0 aliphatic heterocycles. The van der Waals surface area contributed by atoms with Crippen LogP contribution in [0.1, 0.15) is 11.1 Å². The van der Waals surface area contributed by atoms with Gasteiger partial charge in [-0.1, -0.05) is 96.2 Å². The van der Waals surface area contributed by atoms with E-state index in [0.717, 1.165) is 27.8 Å². The van der Waals surface area contributed by atoms with Gasteiger partial charge in [-0.2, -0.15) is 9.61 Å². The van der Waals surface area contributed by atoms with Gasteiger partial charge in [0.05, 0.1) is 5.69 Å². The van der Waals surface area contributed by atoms with E-state index in [-0.39, 0.29) is 0 Å². The number of fused-ring (bicyclic) bond motifs is 1. The molecule has 5 aromatic rings. The Morgan fingerprint density at radius 1 is 0.700 bits per heavy atom. The monoisotopic (exact) mass is 408 g/mol. The summed E-state index contributed by atoms with van der Waals surface area (Å²) in [5, 5.41) is 14.2. The summed E-state index contributed by atoms with van der Waals surface area (Å²) in [6, 6.07) is 31.4. The van der Waals surface area contributed by atoms with Crippen molar-refractivity contribution in [1.29, 1.82) is 0 Å². The standard InChI is InChI=1S/C25H20N4S/c1-18-7-9-19(10-8-18)17-30-25-27-26-24-16-15-23(28-29(24)25)22-13-11-21(12-14-22)20-5-3-2-4-6-20/h2-16H,17H2,1H3. The van der Waals surface area contributed by atoms with Crippen LogP contribution >= 0.6 is 11.8 Å². The van der Waals surface area contributed by atoms with E-state index in [9.17, 15) is 0 Å². The average molecular weight is 409 g/mol. The van der Waals surface area contributed by atoms with Gasteiger partial charge in [0.15, 0.2) is 5.65 Å². The highest BCUT2D eigenvalue weighted by Crippen LogP contribution is 2.26. The van der Waals surface area contributed by atoms with E-state index < -0.39 is 0 Å². The van der Waals surface area contributed by atoms with Gasteiger partial charge in [-0.15, -0.1) is 10.2 Å². The van der Waals surface area contributed by atoms with Crippen molar-refractivity contribution in [3.63, 3.8) is 0 Å². The lowest BCUT2D eigenvalue weighted by Crippen LogP contribution is -1.96. The fourth-order valence-electron chi connectivity index (χ4n) is 3.31. The minimum atomic E-state index is 0.756. The highest BCUT2D eigenvalue weighted by molar-refractivity contribution is 7.98. The molecule has 0 fully saturated rings. The smallest absolute Gasteiger partial charge is 0.187 e. The zero-order chi connectivity index (χ0) is 20.3. The van der Waals surface area contributed by atoms with Crippen LogP contribution in [0.25, 0.3) is 28.0 Å². The number of hydrogen-bond donors (Lipinski definition) is 0. The van der Waals surface area contributed by atoms with Crippen LogP contribution < -0.4 is 0 Å². The predicted octanol–water partition coefficient (Wildman–Crippen LogP) is 6.06. The fraction of sp³-hybridized carbons (Fsp3) is 0.0800. The normalized spacial score (nSPS) is 11.1. The van der Waals surface area contributed by atoms with Gasteiger partial charge in [-0.3, -0.25) is 0 Å². The minimum Gasteiger partial charge on any atom is -0.187 e. The van der Waals surface area contributed by atoms with E-state index in [1.54, 1.807) is 11.8 Å². The Kier molecular flexibility index (Phi) is 5.03. The van der Waals surface area contributed by atoms with E-state index in [1.807, 2.05) is 22.7 Å². The molecule has 0 unspecified atom stereocenters. The van der Waals surface area contributed by atoms with Crippen molar-refractivity contribution in [2.75, 3.05) is 0 Å². The summed E-state index contributed by atoms with van der Waals surface area (Å²) in [7, 11) is 0. The molecule has 30 heavy (non-hydrogen) atoms. The maximum absolute atomic E-state index is 4.81. The molecular weight excluding hydrogens is 388 g/mol. The molecule has 0 saturated carbocycles. The minimum absolute atomic E-state index is 0.756. The molecule has 5 rings (SSSR count).